The maximum Gasteiger partial charge on any atom is 0.0490 e. The average Bonchev–Trinajstić information content (AvgIpc) is 2.40. The minimum absolute atomic E-state index is 0.698. The predicted octanol–water partition coefficient (Wildman–Crippen LogP) is 2.77. The summed E-state index contributed by atoms with van der Waals surface area (Å²) < 4.78 is 5.09. The highest BCUT2D eigenvalue weighted by Gasteiger charge is 2.08. The second-order valence-electron chi connectivity index (χ2n) is 3.52. The minimum Gasteiger partial charge on any atom is -0.384 e. The van der Waals surface area contributed by atoms with Crippen molar-refractivity contribution in [3.8, 4) is 0 Å². The van der Waals surface area contributed by atoms with Gasteiger partial charge in [-0.05, 0) is 31.6 Å². The first-order valence-corrected chi connectivity index (χ1v) is 4.49. The Labute approximate surface area is 69.4 Å². The number of allylic oxidation sites excluding steroid dienone is 2. The van der Waals surface area contributed by atoms with Crippen LogP contribution in [0.2, 0.25) is 0 Å². The zero-order valence-electron chi connectivity index (χ0n) is 7.60. The maximum absolute atomic E-state index is 5.09. The molecule has 1 rings (SSSR count). The van der Waals surface area contributed by atoms with Gasteiger partial charge in [0.2, 0.25) is 0 Å². The first-order valence-electron chi connectivity index (χ1n) is 4.49. The van der Waals surface area contributed by atoms with Crippen molar-refractivity contribution in [2.75, 3.05) is 13.7 Å². The third kappa shape index (κ3) is 3.06. The quantitative estimate of drug-likeness (QED) is 0.566. The lowest BCUT2D eigenvalue weighted by molar-refractivity contribution is 0.159. The highest BCUT2D eigenvalue weighted by atomic mass is 16.5. The third-order valence-electron chi connectivity index (χ3n) is 2.20. The molecule has 1 aliphatic carbocycles. The van der Waals surface area contributed by atoms with Crippen molar-refractivity contribution >= 4 is 0 Å². The van der Waals surface area contributed by atoms with Crippen LogP contribution in [0.1, 0.15) is 32.6 Å². The molecular formula is C10H18O. The molecule has 0 aliphatic heterocycles. The van der Waals surface area contributed by atoms with Crippen LogP contribution in [0, 0.1) is 5.92 Å². The smallest absolute Gasteiger partial charge is 0.0490 e. The molecule has 1 unspecified atom stereocenters. The number of methoxy groups -OCH3 is 1. The zero-order valence-corrected chi connectivity index (χ0v) is 7.60. The molecule has 0 saturated heterocycles. The normalized spacial score (nSPS) is 20.0. The van der Waals surface area contributed by atoms with Crippen LogP contribution in [0.15, 0.2) is 11.6 Å². The maximum atomic E-state index is 5.09. The van der Waals surface area contributed by atoms with E-state index in [1.807, 2.05) is 0 Å². The van der Waals surface area contributed by atoms with Gasteiger partial charge in [-0.15, -0.1) is 0 Å². The topological polar surface area (TPSA) is 9.23 Å². The van der Waals surface area contributed by atoms with E-state index >= 15 is 0 Å². The lowest BCUT2D eigenvalue weighted by Crippen LogP contribution is -2.03. The van der Waals surface area contributed by atoms with Gasteiger partial charge in [-0.2, -0.15) is 0 Å². The van der Waals surface area contributed by atoms with Gasteiger partial charge in [0.25, 0.3) is 0 Å². The van der Waals surface area contributed by atoms with Crippen molar-refractivity contribution in [2.45, 2.75) is 32.6 Å². The Hall–Kier alpha value is -0.300. The van der Waals surface area contributed by atoms with E-state index in [9.17, 15) is 0 Å². The van der Waals surface area contributed by atoms with Crippen LogP contribution in [0.4, 0.5) is 0 Å². The van der Waals surface area contributed by atoms with Gasteiger partial charge in [0.05, 0.1) is 0 Å². The van der Waals surface area contributed by atoms with Crippen LogP contribution in [-0.2, 0) is 4.74 Å². The second-order valence-corrected chi connectivity index (χ2v) is 3.52. The number of ether oxygens (including phenoxy) is 1. The molecule has 0 aromatic carbocycles. The van der Waals surface area contributed by atoms with Crippen LogP contribution >= 0.6 is 0 Å². The fourth-order valence-electron chi connectivity index (χ4n) is 1.71. The largest absolute Gasteiger partial charge is 0.384 e. The van der Waals surface area contributed by atoms with Gasteiger partial charge in [0, 0.05) is 13.7 Å². The summed E-state index contributed by atoms with van der Waals surface area (Å²) in [5, 5.41) is 0. The summed E-state index contributed by atoms with van der Waals surface area (Å²) in [4.78, 5) is 0. The molecule has 1 aliphatic rings. The molecule has 0 fully saturated rings. The number of hydrogen-bond donors (Lipinski definition) is 0. The molecule has 0 bridgehead atoms. The van der Waals surface area contributed by atoms with Crippen molar-refractivity contribution in [1.29, 1.82) is 0 Å². The Morgan fingerprint density at radius 1 is 1.64 bits per heavy atom. The van der Waals surface area contributed by atoms with E-state index in [0.29, 0.717) is 5.92 Å². The Morgan fingerprint density at radius 3 is 3.00 bits per heavy atom. The van der Waals surface area contributed by atoms with Crippen molar-refractivity contribution in [1.82, 2.24) is 0 Å². The van der Waals surface area contributed by atoms with Crippen molar-refractivity contribution in [3.63, 3.8) is 0 Å². The molecular weight excluding hydrogens is 136 g/mol. The molecule has 0 aromatic heterocycles. The highest BCUT2D eigenvalue weighted by Crippen LogP contribution is 2.23. The fourth-order valence-corrected chi connectivity index (χ4v) is 1.71. The molecule has 0 spiro atoms. The summed E-state index contributed by atoms with van der Waals surface area (Å²) >= 11 is 0. The van der Waals surface area contributed by atoms with Crippen molar-refractivity contribution in [2.24, 2.45) is 5.92 Å². The molecule has 1 nitrogen and oxygen atoms in total. The second kappa shape index (κ2) is 4.55. The van der Waals surface area contributed by atoms with E-state index in [1.165, 1.54) is 25.7 Å². The molecule has 1 atom stereocenters. The minimum atomic E-state index is 0.698. The molecule has 0 saturated carbocycles. The molecule has 0 heterocycles. The van der Waals surface area contributed by atoms with E-state index in [0.717, 1.165) is 6.61 Å². The Bertz CT molecular complexity index is 138. The van der Waals surface area contributed by atoms with Gasteiger partial charge < -0.3 is 4.74 Å². The van der Waals surface area contributed by atoms with Crippen LogP contribution < -0.4 is 0 Å². The Kier molecular flexibility index (Phi) is 3.64. The summed E-state index contributed by atoms with van der Waals surface area (Å²) in [5.41, 5.74) is 1.65. The summed E-state index contributed by atoms with van der Waals surface area (Å²) in [7, 11) is 1.78. The van der Waals surface area contributed by atoms with E-state index in [1.54, 1.807) is 12.7 Å². The van der Waals surface area contributed by atoms with Gasteiger partial charge in [-0.1, -0.05) is 18.6 Å². The third-order valence-corrected chi connectivity index (χ3v) is 2.20. The molecule has 0 N–H and O–H groups in total. The van der Waals surface area contributed by atoms with Gasteiger partial charge in [0.1, 0.15) is 0 Å². The van der Waals surface area contributed by atoms with E-state index < -0.39 is 0 Å². The molecule has 0 amide bonds. The standard InChI is InChI=1S/C10H18O/c1-9(8-11-2)7-10-5-3-4-6-10/h5,9H,3-4,6-8H2,1-2H3. The summed E-state index contributed by atoms with van der Waals surface area (Å²) in [5.74, 6) is 0.698. The Balaban J connectivity index is 2.18. The highest BCUT2D eigenvalue weighted by molar-refractivity contribution is 5.07. The predicted molar refractivity (Wildman–Crippen MR) is 47.6 cm³/mol. The molecule has 64 valence electrons. The SMILES string of the molecule is COCC(C)CC1=CCCC1. The fraction of sp³-hybridized carbons (Fsp3) is 0.800. The monoisotopic (exact) mass is 154 g/mol. The Morgan fingerprint density at radius 2 is 2.45 bits per heavy atom. The summed E-state index contributed by atoms with van der Waals surface area (Å²) in [6, 6.07) is 0. The lowest BCUT2D eigenvalue weighted by atomic mass is 10.0. The van der Waals surface area contributed by atoms with Crippen LogP contribution in [0.3, 0.4) is 0 Å². The molecule has 11 heavy (non-hydrogen) atoms. The summed E-state index contributed by atoms with van der Waals surface area (Å²) in [6.45, 7) is 3.15. The molecule has 0 aromatic rings. The van der Waals surface area contributed by atoms with Gasteiger partial charge in [0.15, 0.2) is 0 Å². The van der Waals surface area contributed by atoms with Gasteiger partial charge >= 0.3 is 0 Å². The summed E-state index contributed by atoms with van der Waals surface area (Å²) in [6.07, 6.45) is 7.64. The van der Waals surface area contributed by atoms with E-state index in [-0.39, 0.29) is 0 Å². The van der Waals surface area contributed by atoms with Crippen LogP contribution in [0.5, 0.6) is 0 Å². The molecule has 0 radical (unpaired) electrons. The first-order chi connectivity index (χ1) is 5.33. The van der Waals surface area contributed by atoms with Crippen molar-refractivity contribution in [3.05, 3.63) is 11.6 Å². The number of rotatable bonds is 4. The van der Waals surface area contributed by atoms with Crippen LogP contribution in [-0.4, -0.2) is 13.7 Å². The molecule has 1 heteroatoms. The number of hydrogen-bond acceptors (Lipinski definition) is 1. The first kappa shape index (κ1) is 8.79. The van der Waals surface area contributed by atoms with Gasteiger partial charge in [-0.25, -0.2) is 0 Å². The van der Waals surface area contributed by atoms with Gasteiger partial charge in [-0.3, -0.25) is 0 Å². The van der Waals surface area contributed by atoms with E-state index in [2.05, 4.69) is 13.0 Å². The van der Waals surface area contributed by atoms with E-state index in [4.69, 9.17) is 4.74 Å². The lowest BCUT2D eigenvalue weighted by Gasteiger charge is -2.09. The average molecular weight is 154 g/mol. The van der Waals surface area contributed by atoms with Crippen LogP contribution in [0.25, 0.3) is 0 Å². The van der Waals surface area contributed by atoms with Crippen molar-refractivity contribution < 1.29 is 4.74 Å². The zero-order chi connectivity index (χ0) is 8.10.